The van der Waals surface area contributed by atoms with Crippen molar-refractivity contribution in [2.75, 3.05) is 81.7 Å². The maximum absolute atomic E-state index is 15.4. The van der Waals surface area contributed by atoms with Gasteiger partial charge in [-0.1, -0.05) is 104 Å². The molecule has 516 valence electrons. The van der Waals surface area contributed by atoms with Gasteiger partial charge in [-0.05, 0) is 93.9 Å². The van der Waals surface area contributed by atoms with E-state index < -0.39 is 155 Å². The molecule has 2 rings (SSSR count). The van der Waals surface area contributed by atoms with E-state index in [9.17, 15) is 38.8 Å². The fourth-order valence-corrected chi connectivity index (χ4v) is 12.8. The lowest BCUT2D eigenvalue weighted by Crippen LogP contribution is -2.62. The fourth-order valence-electron chi connectivity index (χ4n) is 12.8. The van der Waals surface area contributed by atoms with Crippen LogP contribution >= 0.6 is 0 Å². The summed E-state index contributed by atoms with van der Waals surface area (Å²) in [5.41, 5.74) is 0. The molecule has 2 aliphatic rings. The number of aliphatic hydroxyl groups is 1. The highest BCUT2D eigenvalue weighted by molar-refractivity contribution is 5.99. The van der Waals surface area contributed by atoms with E-state index in [1.165, 1.54) is 83.6 Å². The number of rotatable bonds is 16. The number of ether oxygens (including phenoxy) is 1. The molecule has 0 bridgehead atoms. The van der Waals surface area contributed by atoms with Crippen molar-refractivity contribution >= 4 is 58.7 Å². The predicted octanol–water partition coefficient (Wildman–Crippen LogP) is 5.81. The van der Waals surface area contributed by atoms with Crippen LogP contribution in [0.2, 0.25) is 0 Å². The topological polar surface area (TPSA) is 258 Å². The molecule has 13 atom stereocenters. The SMILES string of the molecule is CC[C@H]1CC(=O)[C@@H]([C@H](O)[C@H](C)CCN2CCOCC2)N(C)C(=O)[C@@H](C(C)C)N(C)C(=O)[C@@H](CC(C)C)N(C)C(=O)[C@@H](CC(C)C)N(C)[N+](=O)[C@H](C)NC(=O)[C@@H](C)CC(=O)C(CC(C)C)N(C)C(=O)[C@@H](C(C)C)CC(=O)[C@H](C(C)C)N(CC)C(=O)[C@@H](C)N(C)C1=O. The Hall–Kier alpha value is -5.42. The smallest absolute Gasteiger partial charge is 0.305 e. The van der Waals surface area contributed by atoms with Crippen molar-refractivity contribution in [2.45, 2.75) is 231 Å². The molecule has 1 unspecified atom stereocenters. The lowest BCUT2D eigenvalue weighted by Gasteiger charge is -2.41. The largest absolute Gasteiger partial charge is 0.390 e. The van der Waals surface area contributed by atoms with Crippen molar-refractivity contribution in [3.8, 4) is 0 Å². The van der Waals surface area contributed by atoms with Gasteiger partial charge in [0.15, 0.2) is 23.4 Å². The highest BCUT2D eigenvalue weighted by Crippen LogP contribution is 2.30. The standard InChI is InChI=1S/C67H120N10O13/c1-25-49-37-55(79)59(60(81)45(15)27-28-75-29-31-90-32-30-75)73(23)67(88)58(44(13)14)72(22)65(86)52(34-40(5)6)71(21)66(87)53(35-41(7)8)74(24)77(89)48(18)68-61(82)46(16)36-54(78)51(33-39(3)4)70(20)64(85)50(42(9)10)38-56(80)57(43(11)12)76(26-2)62(83)47(17)69(19)63(49)84/h39-53,57-60,81H,25-38H2,1-24H3/p+1/t45-,46+,47-,48-,49+,50-,51?,52-,53-,57+,58-,59+,60-/m1/s1. The number of nitroso groups, excluding NO2 is 1. The first-order valence-corrected chi connectivity index (χ1v) is 33.4. The quantitative estimate of drug-likeness (QED) is 0.173. The average Bonchev–Trinajstić information content (AvgIpc) is 1.06. The van der Waals surface area contributed by atoms with E-state index in [1.807, 2.05) is 55.4 Å². The molecule has 0 spiro atoms. The van der Waals surface area contributed by atoms with Gasteiger partial charge in [0.2, 0.25) is 35.4 Å². The van der Waals surface area contributed by atoms with Gasteiger partial charge in [0, 0.05) is 98.8 Å². The van der Waals surface area contributed by atoms with Gasteiger partial charge < -0.3 is 39.2 Å². The molecule has 2 N–H and O–H groups in total. The molecule has 0 aliphatic carbocycles. The fraction of sp³-hybridized carbons (Fsp3) is 0.851. The van der Waals surface area contributed by atoms with Gasteiger partial charge in [0.25, 0.3) is 5.91 Å². The summed E-state index contributed by atoms with van der Waals surface area (Å²) in [5.74, 6) is -10.6. The lowest BCUT2D eigenvalue weighted by atomic mass is 9.84. The number of Topliss-reactive ketones (excluding diaryl/α,β-unsaturated/α-hetero) is 3. The molecular weight excluding hydrogens is 1150 g/mol. The van der Waals surface area contributed by atoms with E-state index in [1.54, 1.807) is 62.3 Å². The normalized spacial score (nSPS) is 28.3. The van der Waals surface area contributed by atoms with Crippen molar-refractivity contribution in [1.82, 2.24) is 44.6 Å². The van der Waals surface area contributed by atoms with Crippen LogP contribution in [0.25, 0.3) is 0 Å². The van der Waals surface area contributed by atoms with Crippen molar-refractivity contribution < 1.29 is 62.7 Å². The van der Waals surface area contributed by atoms with Crippen molar-refractivity contribution in [2.24, 2.45) is 59.2 Å². The van der Waals surface area contributed by atoms with Gasteiger partial charge in [-0.15, -0.1) is 5.01 Å². The highest BCUT2D eigenvalue weighted by atomic mass is 16.5. The summed E-state index contributed by atoms with van der Waals surface area (Å²) in [6.07, 6.45) is -2.54. The van der Waals surface area contributed by atoms with E-state index >= 15 is 19.2 Å². The van der Waals surface area contributed by atoms with Gasteiger partial charge in [-0.25, -0.2) is 0 Å². The number of nitrogens with one attached hydrogen (secondary N) is 1. The average molecular weight is 1270 g/mol. The summed E-state index contributed by atoms with van der Waals surface area (Å²) in [6.45, 7) is 35.0. The third-order valence-electron chi connectivity index (χ3n) is 18.8. The highest BCUT2D eigenvalue weighted by Gasteiger charge is 2.47. The maximum atomic E-state index is 15.4. The molecule has 2 heterocycles. The minimum atomic E-state index is -1.50. The molecule has 0 radical (unpaired) electrons. The number of hydrogen-bond acceptors (Lipinski definition) is 14. The minimum Gasteiger partial charge on any atom is -0.390 e. The summed E-state index contributed by atoms with van der Waals surface area (Å²) in [6, 6.07) is -8.19. The Bertz CT molecular complexity index is 2430. The minimum absolute atomic E-state index is 0.0718. The van der Waals surface area contributed by atoms with Crippen LogP contribution in [0.4, 0.5) is 0 Å². The molecule has 23 heteroatoms. The third kappa shape index (κ3) is 21.6. The molecule has 0 aromatic carbocycles. The zero-order valence-electron chi connectivity index (χ0n) is 59.7. The van der Waals surface area contributed by atoms with E-state index in [0.29, 0.717) is 44.1 Å². The van der Waals surface area contributed by atoms with Gasteiger partial charge >= 0.3 is 6.17 Å². The van der Waals surface area contributed by atoms with E-state index in [0.717, 1.165) is 0 Å². The summed E-state index contributed by atoms with van der Waals surface area (Å²) < 4.78 is 5.55. The van der Waals surface area contributed by atoms with Gasteiger partial charge in [-0.2, -0.15) is 0 Å². The number of aliphatic hydroxyl groups excluding tert-OH is 1. The first-order chi connectivity index (χ1) is 41.7. The number of hydrogen-bond donors (Lipinski definition) is 2. The first-order valence-electron chi connectivity index (χ1n) is 33.4. The zero-order chi connectivity index (χ0) is 69.3. The molecule has 2 saturated heterocycles. The first kappa shape index (κ1) is 80.7. The number of carbonyl (C=O) groups excluding carboxylic acids is 10. The number of carbonyl (C=O) groups is 10. The van der Waals surface area contributed by atoms with Crippen molar-refractivity contribution in [3.63, 3.8) is 0 Å². The lowest BCUT2D eigenvalue weighted by molar-refractivity contribution is -0.734. The Morgan fingerprint density at radius 3 is 1.50 bits per heavy atom. The summed E-state index contributed by atoms with van der Waals surface area (Å²) in [5, 5.41) is 16.4. The van der Waals surface area contributed by atoms with Crippen LogP contribution in [0.3, 0.4) is 0 Å². The van der Waals surface area contributed by atoms with Gasteiger partial charge in [-0.3, -0.25) is 58.2 Å². The Labute approximate surface area is 540 Å². The summed E-state index contributed by atoms with van der Waals surface area (Å²) in [4.78, 5) is 174. The van der Waals surface area contributed by atoms with E-state index in [-0.39, 0.29) is 68.6 Å². The van der Waals surface area contributed by atoms with Crippen LogP contribution < -0.4 is 5.32 Å². The molecule has 2 aliphatic heterocycles. The van der Waals surface area contributed by atoms with Crippen LogP contribution in [0.5, 0.6) is 0 Å². The molecule has 90 heavy (non-hydrogen) atoms. The number of hydrazine groups is 1. The van der Waals surface area contributed by atoms with Crippen LogP contribution in [0.15, 0.2) is 0 Å². The maximum Gasteiger partial charge on any atom is 0.305 e. The van der Waals surface area contributed by atoms with Gasteiger partial charge in [0.1, 0.15) is 29.0 Å². The Kier molecular flexibility index (Phi) is 32.9. The summed E-state index contributed by atoms with van der Waals surface area (Å²) >= 11 is 0. The second kappa shape index (κ2) is 36.7. The van der Waals surface area contributed by atoms with Crippen LogP contribution in [-0.4, -0.2) is 244 Å². The number of ketones is 3. The van der Waals surface area contributed by atoms with Crippen LogP contribution in [0, 0.1) is 64.1 Å². The van der Waals surface area contributed by atoms with Gasteiger partial charge in [0.05, 0.1) is 43.4 Å². The molecule has 0 aromatic rings. The monoisotopic (exact) mass is 1270 g/mol. The second-order valence-electron chi connectivity index (χ2n) is 28.4. The predicted molar refractivity (Wildman–Crippen MR) is 348 cm³/mol. The van der Waals surface area contributed by atoms with Crippen molar-refractivity contribution in [3.05, 3.63) is 4.91 Å². The third-order valence-corrected chi connectivity index (χ3v) is 18.8. The molecular formula is C67H121N10O13+. The molecule has 2 fully saturated rings. The summed E-state index contributed by atoms with van der Waals surface area (Å²) in [7, 11) is 8.79. The van der Waals surface area contributed by atoms with E-state index in [2.05, 4.69) is 10.2 Å². The Morgan fingerprint density at radius 2 is 1.01 bits per heavy atom. The number of likely N-dealkylation sites (N-methyl/N-ethyl adjacent to an activating group) is 7. The molecule has 0 aromatic heterocycles. The molecule has 7 amide bonds. The second-order valence-corrected chi connectivity index (χ2v) is 28.4. The Balaban J connectivity index is 3.01. The van der Waals surface area contributed by atoms with Crippen LogP contribution in [0.1, 0.15) is 176 Å². The van der Waals surface area contributed by atoms with E-state index in [4.69, 9.17) is 4.74 Å². The zero-order valence-corrected chi connectivity index (χ0v) is 59.7. The number of morpholine rings is 1. The molecule has 23 nitrogen and oxygen atoms in total. The van der Waals surface area contributed by atoms with Crippen molar-refractivity contribution in [1.29, 1.82) is 0 Å². The number of amides is 7. The van der Waals surface area contributed by atoms with Crippen LogP contribution in [-0.2, 0) is 52.7 Å². The Morgan fingerprint density at radius 1 is 0.533 bits per heavy atom. The number of nitrogens with zero attached hydrogens (tertiary/aromatic N) is 9. The molecule has 0 saturated carbocycles.